The second kappa shape index (κ2) is 21.1. The molecule has 1 rings (SSSR count). The molecule has 0 aromatic heterocycles. The lowest BCUT2D eigenvalue weighted by Gasteiger charge is -2.30. The van der Waals surface area contributed by atoms with Gasteiger partial charge >= 0.3 is 23.9 Å². The van der Waals surface area contributed by atoms with E-state index in [1.54, 1.807) is 66.0 Å². The smallest absolute Gasteiger partial charge is 0.344 e. The second-order valence-electron chi connectivity index (χ2n) is 9.02. The SMILES string of the molecule is CCOC(=O)CN(CC(=O)OCC)C(=O)c1c(I)c(C(=O)N(CC(=O)OCC)C(Cl)C(=O)OCC)c(I)c(N(C)C(=O)COC)c1I. The summed E-state index contributed by atoms with van der Waals surface area (Å²) < 4.78 is 25.3. The van der Waals surface area contributed by atoms with Crippen molar-refractivity contribution in [2.45, 2.75) is 33.2 Å². The molecule has 1 atom stereocenters. The van der Waals surface area contributed by atoms with Gasteiger partial charge in [0.1, 0.15) is 26.2 Å². The van der Waals surface area contributed by atoms with Crippen LogP contribution in [0.3, 0.4) is 0 Å². The number of hydrogen-bond acceptors (Lipinski definition) is 12. The normalized spacial score (nSPS) is 11.2. The van der Waals surface area contributed by atoms with E-state index >= 15 is 0 Å². The van der Waals surface area contributed by atoms with Gasteiger partial charge in [-0.1, -0.05) is 11.6 Å². The molecular weight excluding hydrogens is 986 g/mol. The summed E-state index contributed by atoms with van der Waals surface area (Å²) in [5, 5.41) is 0. The van der Waals surface area contributed by atoms with Crippen molar-refractivity contribution in [3.63, 3.8) is 0 Å². The lowest BCUT2D eigenvalue weighted by atomic mass is 10.1. The Morgan fingerprint density at radius 2 is 1.11 bits per heavy atom. The van der Waals surface area contributed by atoms with E-state index in [-0.39, 0.29) is 60.6 Å². The Kier molecular flexibility index (Phi) is 19.3. The van der Waals surface area contributed by atoms with Crippen LogP contribution < -0.4 is 4.90 Å². The van der Waals surface area contributed by atoms with Crippen LogP contribution in [0.15, 0.2) is 0 Å². The van der Waals surface area contributed by atoms with Crippen LogP contribution in [0.1, 0.15) is 48.4 Å². The number of methoxy groups -OCH3 is 1. The molecule has 0 N–H and O–H groups in total. The number of carbonyl (C=O) groups is 7. The van der Waals surface area contributed by atoms with Crippen molar-refractivity contribution in [1.29, 1.82) is 0 Å². The summed E-state index contributed by atoms with van der Waals surface area (Å²) in [6.45, 7) is 3.69. The van der Waals surface area contributed by atoms with E-state index in [9.17, 15) is 33.6 Å². The van der Waals surface area contributed by atoms with Crippen LogP contribution in [0.5, 0.6) is 0 Å². The Morgan fingerprint density at radius 1 is 0.681 bits per heavy atom. The topological polar surface area (TPSA) is 175 Å². The van der Waals surface area contributed by atoms with Crippen LogP contribution in [0.4, 0.5) is 5.69 Å². The minimum atomic E-state index is -1.79. The van der Waals surface area contributed by atoms with Crippen molar-refractivity contribution in [3.8, 4) is 0 Å². The predicted octanol–water partition coefficient (Wildman–Crippen LogP) is 2.81. The van der Waals surface area contributed by atoms with E-state index in [1.807, 2.05) is 22.6 Å². The summed E-state index contributed by atoms with van der Waals surface area (Å²) in [6, 6.07) is 0. The molecule has 0 heterocycles. The van der Waals surface area contributed by atoms with Crippen molar-refractivity contribution in [3.05, 3.63) is 21.8 Å². The fourth-order valence-corrected chi connectivity index (χ4v) is 8.86. The quantitative estimate of drug-likeness (QED) is 0.0736. The minimum absolute atomic E-state index is 0.00189. The number of likely N-dealkylation sites (N-methyl/N-ethyl adjacent to an activating group) is 1. The van der Waals surface area contributed by atoms with Crippen LogP contribution in [-0.2, 0) is 47.7 Å². The van der Waals surface area contributed by atoms with Gasteiger partial charge in [0.15, 0.2) is 0 Å². The summed E-state index contributed by atoms with van der Waals surface area (Å²) in [5.41, 5.74) is -2.09. The highest BCUT2D eigenvalue weighted by molar-refractivity contribution is 14.1. The van der Waals surface area contributed by atoms with E-state index in [0.29, 0.717) is 4.90 Å². The summed E-state index contributed by atoms with van der Waals surface area (Å²) in [5.74, 6) is -5.97. The van der Waals surface area contributed by atoms with Gasteiger partial charge in [-0.15, -0.1) is 0 Å². The largest absolute Gasteiger partial charge is 0.465 e. The van der Waals surface area contributed by atoms with E-state index in [0.717, 1.165) is 9.80 Å². The highest BCUT2D eigenvalue weighted by Crippen LogP contribution is 2.39. The maximum atomic E-state index is 14.3. The van der Waals surface area contributed by atoms with Crippen molar-refractivity contribution in [2.75, 3.05) is 71.7 Å². The molecule has 0 fully saturated rings. The Labute approximate surface area is 318 Å². The number of hydrogen-bond donors (Lipinski definition) is 0. The first-order valence-electron chi connectivity index (χ1n) is 14.0. The summed E-state index contributed by atoms with van der Waals surface area (Å²) in [7, 11) is 2.70. The molecule has 1 aromatic rings. The number of anilines is 1. The van der Waals surface area contributed by atoms with E-state index in [1.165, 1.54) is 21.1 Å². The zero-order valence-corrected chi connectivity index (χ0v) is 33.7. The molecule has 0 saturated carbocycles. The number of alkyl halides is 1. The molecule has 0 aliphatic rings. The van der Waals surface area contributed by atoms with Gasteiger partial charge in [0.25, 0.3) is 17.7 Å². The lowest BCUT2D eigenvalue weighted by Crippen LogP contribution is -2.47. The van der Waals surface area contributed by atoms with E-state index < -0.39 is 66.7 Å². The molecule has 47 heavy (non-hydrogen) atoms. The monoisotopic (exact) mass is 1020 g/mol. The van der Waals surface area contributed by atoms with Crippen molar-refractivity contribution >= 4 is 127 Å². The first-order valence-corrected chi connectivity index (χ1v) is 17.6. The number of esters is 4. The first kappa shape index (κ1) is 43.0. The van der Waals surface area contributed by atoms with Crippen molar-refractivity contribution in [2.24, 2.45) is 0 Å². The lowest BCUT2D eigenvalue weighted by molar-refractivity contribution is -0.149. The molecule has 0 aliphatic carbocycles. The number of amides is 3. The molecule has 0 saturated heterocycles. The first-order chi connectivity index (χ1) is 22.1. The van der Waals surface area contributed by atoms with Gasteiger partial charge in [-0.3, -0.25) is 28.8 Å². The van der Waals surface area contributed by atoms with Gasteiger partial charge in [-0.2, -0.15) is 0 Å². The third kappa shape index (κ3) is 11.8. The fraction of sp³-hybridized carbons (Fsp3) is 0.536. The van der Waals surface area contributed by atoms with Gasteiger partial charge in [0.05, 0.1) is 50.4 Å². The molecule has 15 nitrogen and oxygen atoms in total. The van der Waals surface area contributed by atoms with Gasteiger partial charge in [0, 0.05) is 17.7 Å². The number of ether oxygens (including phenoxy) is 5. The number of halogens is 4. The standard InChI is InChI=1S/C28H35ClI3N3O12/c1-7-44-16(37)11-34(12-17(38)45-8-2)26(40)19-21(30)20(23(32)24(22(19)31)33(5)15(36)14-43-6)27(41)35(13-18(39)46-9-3)25(29)28(42)47-10-4/h25H,7-14H2,1-6H3. The second-order valence-corrected chi connectivity index (χ2v) is 12.7. The highest BCUT2D eigenvalue weighted by atomic mass is 127. The molecule has 0 radical (unpaired) electrons. The molecule has 0 aliphatic heterocycles. The Hall–Kier alpha value is -2.05. The summed E-state index contributed by atoms with van der Waals surface area (Å²) >= 11 is 11.7. The van der Waals surface area contributed by atoms with Crippen LogP contribution in [0.2, 0.25) is 0 Å². The van der Waals surface area contributed by atoms with Crippen LogP contribution in [0, 0.1) is 10.7 Å². The minimum Gasteiger partial charge on any atom is -0.465 e. The molecule has 1 aromatic carbocycles. The fourth-order valence-electron chi connectivity index (χ4n) is 3.83. The maximum Gasteiger partial charge on any atom is 0.344 e. The molecular formula is C28H35ClI3N3O12. The van der Waals surface area contributed by atoms with Gasteiger partial charge in [-0.25, -0.2) is 4.79 Å². The summed E-state index contributed by atoms with van der Waals surface area (Å²) in [4.78, 5) is 94.6. The Morgan fingerprint density at radius 3 is 1.53 bits per heavy atom. The average Bonchev–Trinajstić information content (AvgIpc) is 2.99. The van der Waals surface area contributed by atoms with Gasteiger partial charge in [-0.05, 0) is 95.5 Å². The molecule has 3 amide bonds. The average molecular weight is 1020 g/mol. The summed E-state index contributed by atoms with van der Waals surface area (Å²) in [6.07, 6.45) is 0. The zero-order valence-electron chi connectivity index (χ0n) is 26.5. The number of nitrogens with zero attached hydrogens (tertiary/aromatic N) is 3. The van der Waals surface area contributed by atoms with Gasteiger partial charge in [0.2, 0.25) is 5.50 Å². The van der Waals surface area contributed by atoms with Crippen LogP contribution in [-0.4, -0.2) is 124 Å². The molecule has 262 valence electrons. The van der Waals surface area contributed by atoms with E-state index in [2.05, 4.69) is 0 Å². The Bertz CT molecular complexity index is 1340. The maximum absolute atomic E-state index is 14.3. The van der Waals surface area contributed by atoms with Crippen LogP contribution in [0.25, 0.3) is 0 Å². The Balaban J connectivity index is 4.15. The number of rotatable bonds is 17. The van der Waals surface area contributed by atoms with Gasteiger partial charge < -0.3 is 38.4 Å². The predicted molar refractivity (Wildman–Crippen MR) is 193 cm³/mol. The van der Waals surface area contributed by atoms with Crippen LogP contribution >= 0.6 is 79.4 Å². The molecule has 0 bridgehead atoms. The molecule has 1 unspecified atom stereocenters. The highest BCUT2D eigenvalue weighted by Gasteiger charge is 2.38. The number of carbonyl (C=O) groups excluding carboxylic acids is 7. The van der Waals surface area contributed by atoms with E-state index in [4.69, 9.17) is 35.3 Å². The third-order valence-electron chi connectivity index (χ3n) is 5.86. The van der Waals surface area contributed by atoms with Crippen molar-refractivity contribution in [1.82, 2.24) is 9.80 Å². The molecule has 19 heteroatoms. The third-order valence-corrected chi connectivity index (χ3v) is 9.45. The van der Waals surface area contributed by atoms with Crippen molar-refractivity contribution < 1.29 is 57.2 Å². The number of benzene rings is 1. The molecule has 0 spiro atoms. The zero-order chi connectivity index (χ0) is 36.0.